The molecule has 0 aliphatic rings. The number of hydrogen-bond acceptors (Lipinski definition) is 4. The summed E-state index contributed by atoms with van der Waals surface area (Å²) in [5, 5.41) is 16.2. The summed E-state index contributed by atoms with van der Waals surface area (Å²) in [7, 11) is 0. The van der Waals surface area contributed by atoms with Gasteiger partial charge in [-0.15, -0.1) is 10.2 Å². The number of hydrogen-bond donors (Lipinski definition) is 1. The lowest BCUT2D eigenvalue weighted by Gasteiger charge is -2.11. The molecule has 0 spiro atoms. The zero-order valence-corrected chi connectivity index (χ0v) is 11.6. The number of nitrogens with zero attached hydrogens (tertiary/aromatic N) is 3. The van der Waals surface area contributed by atoms with Crippen molar-refractivity contribution in [2.75, 3.05) is 5.75 Å². The largest absolute Gasteiger partial charge is 0.481 e. The smallest absolute Gasteiger partial charge is 0.313 e. The molecule has 0 radical (unpaired) electrons. The lowest BCUT2D eigenvalue weighted by molar-refractivity contribution is -0.133. The van der Waals surface area contributed by atoms with Crippen molar-refractivity contribution < 1.29 is 23.1 Å². The predicted octanol–water partition coefficient (Wildman–Crippen LogP) is 2.42. The Bertz CT molecular complexity index is 667. The Labute approximate surface area is 121 Å². The number of rotatable bonds is 5. The minimum atomic E-state index is -1.11. The normalized spacial score (nSPS) is 10.9. The molecular formula is C12H10F3N3O2S. The topological polar surface area (TPSA) is 68.0 Å². The molecule has 0 saturated heterocycles. The second kappa shape index (κ2) is 6.17. The number of aromatic nitrogens is 3. The van der Waals surface area contributed by atoms with Crippen LogP contribution in [0.2, 0.25) is 0 Å². The van der Waals surface area contributed by atoms with Crippen LogP contribution in [0.3, 0.4) is 0 Å². The van der Waals surface area contributed by atoms with E-state index in [9.17, 15) is 18.0 Å². The molecule has 1 aromatic carbocycles. The maximum absolute atomic E-state index is 13.9. The van der Waals surface area contributed by atoms with E-state index in [2.05, 4.69) is 10.2 Å². The summed E-state index contributed by atoms with van der Waals surface area (Å²) in [5.74, 6) is -4.47. The number of aryl methyl sites for hydroxylation is 1. The fraction of sp³-hybridized carbons (Fsp3) is 0.250. The molecule has 112 valence electrons. The van der Waals surface area contributed by atoms with E-state index in [1.54, 1.807) is 6.92 Å². The van der Waals surface area contributed by atoms with E-state index in [1.165, 1.54) is 0 Å². The lowest BCUT2D eigenvalue weighted by atomic mass is 10.2. The van der Waals surface area contributed by atoms with Crippen LogP contribution < -0.4 is 0 Å². The van der Waals surface area contributed by atoms with Crippen LogP contribution in [0.1, 0.15) is 12.7 Å². The van der Waals surface area contributed by atoms with Gasteiger partial charge >= 0.3 is 5.97 Å². The van der Waals surface area contributed by atoms with Gasteiger partial charge in [0.05, 0.1) is 5.75 Å². The number of halogens is 3. The Kier molecular flexibility index (Phi) is 4.51. The van der Waals surface area contributed by atoms with Crippen molar-refractivity contribution in [3.8, 4) is 5.69 Å². The van der Waals surface area contributed by atoms with Crippen molar-refractivity contribution in [3.05, 3.63) is 35.4 Å². The summed E-state index contributed by atoms with van der Waals surface area (Å²) in [6.07, 6.45) is 0.316. The highest BCUT2D eigenvalue weighted by atomic mass is 32.2. The van der Waals surface area contributed by atoms with Gasteiger partial charge in [-0.05, 0) is 0 Å². The van der Waals surface area contributed by atoms with Crippen LogP contribution in [0.4, 0.5) is 13.2 Å². The van der Waals surface area contributed by atoms with Gasteiger partial charge in [0.15, 0.2) is 16.8 Å². The number of aliphatic carboxylic acids is 1. The van der Waals surface area contributed by atoms with Gasteiger partial charge in [0.2, 0.25) is 0 Å². The molecule has 0 aliphatic carbocycles. The Hall–Kier alpha value is -2.03. The average molecular weight is 317 g/mol. The molecule has 1 aromatic heterocycles. The van der Waals surface area contributed by atoms with E-state index in [0.717, 1.165) is 16.3 Å². The van der Waals surface area contributed by atoms with Gasteiger partial charge < -0.3 is 5.11 Å². The minimum absolute atomic E-state index is 0.0265. The molecular weight excluding hydrogens is 307 g/mol. The van der Waals surface area contributed by atoms with Gasteiger partial charge in [0.25, 0.3) is 0 Å². The maximum Gasteiger partial charge on any atom is 0.313 e. The summed E-state index contributed by atoms with van der Waals surface area (Å²) in [4.78, 5) is 10.6. The van der Waals surface area contributed by atoms with Crippen molar-refractivity contribution in [2.24, 2.45) is 0 Å². The monoisotopic (exact) mass is 317 g/mol. The fourth-order valence-electron chi connectivity index (χ4n) is 1.72. The van der Waals surface area contributed by atoms with Crippen molar-refractivity contribution in [1.82, 2.24) is 14.8 Å². The van der Waals surface area contributed by atoms with Gasteiger partial charge in [-0.25, -0.2) is 13.2 Å². The minimum Gasteiger partial charge on any atom is -0.481 e. The third kappa shape index (κ3) is 3.18. The zero-order chi connectivity index (χ0) is 15.6. The van der Waals surface area contributed by atoms with Gasteiger partial charge in [0.1, 0.15) is 17.3 Å². The highest BCUT2D eigenvalue weighted by Crippen LogP contribution is 2.26. The first-order valence-electron chi connectivity index (χ1n) is 5.87. The quantitative estimate of drug-likeness (QED) is 0.858. The van der Waals surface area contributed by atoms with Crippen molar-refractivity contribution in [3.63, 3.8) is 0 Å². The van der Waals surface area contributed by atoms with E-state index < -0.39 is 29.1 Å². The molecule has 2 aromatic rings. The van der Waals surface area contributed by atoms with E-state index in [4.69, 9.17) is 5.11 Å². The van der Waals surface area contributed by atoms with Crippen LogP contribution in [0, 0.1) is 17.5 Å². The third-order valence-corrected chi connectivity index (χ3v) is 3.46. The highest BCUT2D eigenvalue weighted by molar-refractivity contribution is 7.99. The zero-order valence-electron chi connectivity index (χ0n) is 10.8. The molecule has 0 unspecified atom stereocenters. The number of benzene rings is 1. The molecule has 0 fully saturated rings. The first-order chi connectivity index (χ1) is 9.93. The number of thioether (sulfide) groups is 1. The van der Waals surface area contributed by atoms with Gasteiger partial charge in [-0.3, -0.25) is 9.36 Å². The summed E-state index contributed by atoms with van der Waals surface area (Å²) in [6.45, 7) is 1.70. The average Bonchev–Trinajstić information content (AvgIpc) is 2.78. The molecule has 2 rings (SSSR count). The molecule has 21 heavy (non-hydrogen) atoms. The summed E-state index contributed by atoms with van der Waals surface area (Å²) < 4.78 is 41.8. The number of carbonyl (C=O) groups is 1. The first kappa shape index (κ1) is 15.4. The Morgan fingerprint density at radius 3 is 2.43 bits per heavy atom. The van der Waals surface area contributed by atoms with Crippen LogP contribution in [0.5, 0.6) is 0 Å². The van der Waals surface area contributed by atoms with Gasteiger partial charge in [-0.2, -0.15) is 0 Å². The highest BCUT2D eigenvalue weighted by Gasteiger charge is 2.21. The van der Waals surface area contributed by atoms with E-state index in [1.807, 2.05) is 0 Å². The summed E-state index contributed by atoms with van der Waals surface area (Å²) in [6, 6.07) is 1.09. The Morgan fingerprint density at radius 2 is 1.90 bits per heavy atom. The van der Waals surface area contributed by atoms with Crippen LogP contribution in [-0.2, 0) is 11.2 Å². The number of carboxylic acid groups (broad SMARTS) is 1. The van der Waals surface area contributed by atoms with Crippen molar-refractivity contribution in [1.29, 1.82) is 0 Å². The lowest BCUT2D eigenvalue weighted by Crippen LogP contribution is -2.09. The van der Waals surface area contributed by atoms with Crippen LogP contribution in [-0.4, -0.2) is 31.6 Å². The molecule has 1 N–H and O–H groups in total. The molecule has 0 atom stereocenters. The molecule has 0 saturated carbocycles. The second-order valence-electron chi connectivity index (χ2n) is 3.99. The Balaban J connectivity index is 2.56. The van der Waals surface area contributed by atoms with Crippen LogP contribution >= 0.6 is 11.8 Å². The van der Waals surface area contributed by atoms with E-state index in [-0.39, 0.29) is 16.7 Å². The molecule has 0 amide bonds. The fourth-order valence-corrected chi connectivity index (χ4v) is 2.40. The molecule has 9 heteroatoms. The predicted molar refractivity (Wildman–Crippen MR) is 69.0 cm³/mol. The first-order valence-corrected chi connectivity index (χ1v) is 6.86. The van der Waals surface area contributed by atoms with Gasteiger partial charge in [0, 0.05) is 18.6 Å². The van der Waals surface area contributed by atoms with Crippen molar-refractivity contribution in [2.45, 2.75) is 18.5 Å². The van der Waals surface area contributed by atoms with Crippen molar-refractivity contribution >= 4 is 17.7 Å². The molecule has 1 heterocycles. The maximum atomic E-state index is 13.9. The Morgan fingerprint density at radius 1 is 1.29 bits per heavy atom. The molecule has 0 bridgehead atoms. The number of carboxylic acids is 1. The summed E-state index contributed by atoms with van der Waals surface area (Å²) in [5.41, 5.74) is -0.522. The van der Waals surface area contributed by atoms with Crippen LogP contribution in [0.15, 0.2) is 17.3 Å². The van der Waals surface area contributed by atoms with E-state index in [0.29, 0.717) is 18.6 Å². The standard InChI is InChI=1S/C12H10F3N3O2S/c1-2-9-16-17-12(21-5-10(19)20)18(9)11-7(14)3-6(13)4-8(11)15/h3-4H,2,5H2,1H3,(H,19,20). The van der Waals surface area contributed by atoms with Gasteiger partial charge in [-0.1, -0.05) is 18.7 Å². The molecule has 5 nitrogen and oxygen atoms in total. The van der Waals surface area contributed by atoms with Crippen LogP contribution in [0.25, 0.3) is 5.69 Å². The SMILES string of the molecule is CCc1nnc(SCC(=O)O)n1-c1c(F)cc(F)cc1F. The second-order valence-corrected chi connectivity index (χ2v) is 4.93. The van der Waals surface area contributed by atoms with E-state index >= 15 is 0 Å². The molecule has 0 aliphatic heterocycles. The third-order valence-electron chi connectivity index (χ3n) is 2.55. The summed E-state index contributed by atoms with van der Waals surface area (Å²) >= 11 is 0.771.